The second-order valence-corrected chi connectivity index (χ2v) is 6.16. The van der Waals surface area contributed by atoms with Crippen LogP contribution in [0.25, 0.3) is 0 Å². The van der Waals surface area contributed by atoms with Crippen LogP contribution < -0.4 is 10.6 Å². The molecule has 1 aromatic rings. The maximum atomic E-state index is 4.42. The van der Waals surface area contributed by atoms with Crippen LogP contribution in [0.3, 0.4) is 0 Å². The molecule has 1 saturated carbocycles. The zero-order valence-corrected chi connectivity index (χ0v) is 12.6. The number of hydrogen-bond donors (Lipinski definition) is 2. The number of nitrogens with one attached hydrogen (secondary N) is 2. The Morgan fingerprint density at radius 1 is 1.26 bits per heavy atom. The third-order valence-electron chi connectivity index (χ3n) is 4.25. The molecule has 0 radical (unpaired) electrons. The molecule has 4 heteroatoms. The molecule has 4 nitrogen and oxygen atoms in total. The van der Waals surface area contributed by atoms with E-state index in [1.807, 2.05) is 0 Å². The first-order valence-corrected chi connectivity index (χ1v) is 7.36. The van der Waals surface area contributed by atoms with E-state index in [0.29, 0.717) is 11.5 Å². The zero-order chi connectivity index (χ0) is 13.9. The van der Waals surface area contributed by atoms with E-state index in [1.54, 1.807) is 6.33 Å². The number of anilines is 2. The Morgan fingerprint density at radius 3 is 2.68 bits per heavy atom. The van der Waals surface area contributed by atoms with Crippen LogP contribution in [-0.4, -0.2) is 22.6 Å². The molecule has 19 heavy (non-hydrogen) atoms. The Labute approximate surface area is 116 Å². The van der Waals surface area contributed by atoms with Crippen LogP contribution in [0.2, 0.25) is 0 Å². The van der Waals surface area contributed by atoms with Crippen molar-refractivity contribution < 1.29 is 0 Å². The molecule has 2 N–H and O–H groups in total. The van der Waals surface area contributed by atoms with Gasteiger partial charge in [-0.1, -0.05) is 26.7 Å². The van der Waals surface area contributed by atoms with Crippen molar-refractivity contribution in [2.45, 2.75) is 59.4 Å². The molecule has 0 spiro atoms. The van der Waals surface area contributed by atoms with E-state index in [2.05, 4.69) is 48.3 Å². The molecule has 0 amide bonds. The lowest BCUT2D eigenvalue weighted by Crippen LogP contribution is -2.39. The molecule has 1 unspecified atom stereocenters. The van der Waals surface area contributed by atoms with Gasteiger partial charge in [-0.3, -0.25) is 0 Å². The summed E-state index contributed by atoms with van der Waals surface area (Å²) in [4.78, 5) is 8.71. The molecule has 106 valence electrons. The standard InChI is InChI=1S/C15H26N4/c1-5-16-13-11(2)14(18-10-17-13)19-12-8-6-7-9-15(12,3)4/h10,12H,5-9H2,1-4H3,(H2,16,17,18,19). The normalized spacial score (nSPS) is 22.0. The summed E-state index contributed by atoms with van der Waals surface area (Å²) in [6.45, 7) is 9.75. The largest absolute Gasteiger partial charge is 0.370 e. The lowest BCUT2D eigenvalue weighted by atomic mass is 9.73. The van der Waals surface area contributed by atoms with Crippen LogP contribution in [0.5, 0.6) is 0 Å². The molecule has 0 aliphatic heterocycles. The zero-order valence-electron chi connectivity index (χ0n) is 12.6. The summed E-state index contributed by atoms with van der Waals surface area (Å²) < 4.78 is 0. The molecule has 0 aromatic carbocycles. The monoisotopic (exact) mass is 262 g/mol. The van der Waals surface area contributed by atoms with Crippen LogP contribution in [-0.2, 0) is 0 Å². The highest BCUT2D eigenvalue weighted by atomic mass is 15.1. The highest BCUT2D eigenvalue weighted by Crippen LogP contribution is 2.37. The van der Waals surface area contributed by atoms with E-state index < -0.39 is 0 Å². The molecule has 1 aromatic heterocycles. The fraction of sp³-hybridized carbons (Fsp3) is 0.733. The summed E-state index contributed by atoms with van der Waals surface area (Å²) in [6.07, 6.45) is 6.81. The summed E-state index contributed by atoms with van der Waals surface area (Å²) in [5, 5.41) is 6.93. The molecule has 0 bridgehead atoms. The fourth-order valence-corrected chi connectivity index (χ4v) is 2.87. The van der Waals surface area contributed by atoms with Gasteiger partial charge in [0.1, 0.15) is 18.0 Å². The van der Waals surface area contributed by atoms with E-state index in [0.717, 1.165) is 23.7 Å². The molecule has 2 rings (SSSR count). The molecule has 1 heterocycles. The Kier molecular flexibility index (Phi) is 4.27. The lowest BCUT2D eigenvalue weighted by Gasteiger charge is -2.39. The van der Waals surface area contributed by atoms with Gasteiger partial charge in [-0.05, 0) is 32.1 Å². The Balaban J connectivity index is 2.16. The van der Waals surface area contributed by atoms with Crippen molar-refractivity contribution in [2.75, 3.05) is 17.2 Å². The average Bonchev–Trinajstić information content (AvgIpc) is 2.36. The molecule has 0 saturated heterocycles. The van der Waals surface area contributed by atoms with Crippen molar-refractivity contribution in [1.29, 1.82) is 0 Å². The van der Waals surface area contributed by atoms with Crippen LogP contribution in [0.15, 0.2) is 6.33 Å². The van der Waals surface area contributed by atoms with Crippen molar-refractivity contribution >= 4 is 11.6 Å². The first-order valence-electron chi connectivity index (χ1n) is 7.36. The van der Waals surface area contributed by atoms with E-state index in [-0.39, 0.29) is 0 Å². The van der Waals surface area contributed by atoms with Crippen molar-refractivity contribution in [2.24, 2.45) is 5.41 Å². The fourth-order valence-electron chi connectivity index (χ4n) is 2.87. The van der Waals surface area contributed by atoms with Gasteiger partial charge < -0.3 is 10.6 Å². The second kappa shape index (κ2) is 5.76. The molecular weight excluding hydrogens is 236 g/mol. The number of nitrogens with zero attached hydrogens (tertiary/aromatic N) is 2. The van der Waals surface area contributed by atoms with Gasteiger partial charge in [0, 0.05) is 18.2 Å². The maximum Gasteiger partial charge on any atom is 0.134 e. The van der Waals surface area contributed by atoms with Crippen LogP contribution in [0.4, 0.5) is 11.6 Å². The average molecular weight is 262 g/mol. The van der Waals surface area contributed by atoms with Crippen molar-refractivity contribution in [3.05, 3.63) is 11.9 Å². The third kappa shape index (κ3) is 3.17. The minimum absolute atomic E-state index is 0.341. The van der Waals surface area contributed by atoms with Gasteiger partial charge in [-0.15, -0.1) is 0 Å². The van der Waals surface area contributed by atoms with Gasteiger partial charge in [-0.2, -0.15) is 0 Å². The second-order valence-electron chi connectivity index (χ2n) is 6.16. The van der Waals surface area contributed by atoms with E-state index in [9.17, 15) is 0 Å². The van der Waals surface area contributed by atoms with Gasteiger partial charge in [0.05, 0.1) is 0 Å². The van der Waals surface area contributed by atoms with Crippen molar-refractivity contribution in [1.82, 2.24) is 9.97 Å². The molecule has 1 fully saturated rings. The van der Waals surface area contributed by atoms with Crippen molar-refractivity contribution in [3.8, 4) is 0 Å². The van der Waals surface area contributed by atoms with E-state index >= 15 is 0 Å². The number of rotatable bonds is 4. The highest BCUT2D eigenvalue weighted by molar-refractivity contribution is 5.56. The SMILES string of the molecule is CCNc1ncnc(NC2CCCCC2(C)C)c1C. The highest BCUT2D eigenvalue weighted by Gasteiger charge is 2.32. The van der Waals surface area contributed by atoms with Gasteiger partial charge >= 0.3 is 0 Å². The van der Waals surface area contributed by atoms with Crippen molar-refractivity contribution in [3.63, 3.8) is 0 Å². The quantitative estimate of drug-likeness (QED) is 0.870. The summed E-state index contributed by atoms with van der Waals surface area (Å²) >= 11 is 0. The number of hydrogen-bond acceptors (Lipinski definition) is 4. The summed E-state index contributed by atoms with van der Waals surface area (Å²) in [7, 11) is 0. The first-order chi connectivity index (χ1) is 9.04. The first kappa shape index (κ1) is 14.1. The Morgan fingerprint density at radius 2 is 2.00 bits per heavy atom. The van der Waals surface area contributed by atoms with Gasteiger partial charge in [0.25, 0.3) is 0 Å². The summed E-state index contributed by atoms with van der Waals surface area (Å²) in [5.41, 5.74) is 1.46. The maximum absolute atomic E-state index is 4.42. The Bertz CT molecular complexity index is 428. The minimum Gasteiger partial charge on any atom is -0.370 e. The third-order valence-corrected chi connectivity index (χ3v) is 4.25. The molecule has 1 aliphatic rings. The predicted molar refractivity (Wildman–Crippen MR) is 80.6 cm³/mol. The topological polar surface area (TPSA) is 49.8 Å². The van der Waals surface area contributed by atoms with Gasteiger partial charge in [0.15, 0.2) is 0 Å². The molecule has 1 atom stereocenters. The number of aromatic nitrogens is 2. The van der Waals surface area contributed by atoms with Crippen LogP contribution >= 0.6 is 0 Å². The van der Waals surface area contributed by atoms with E-state index in [4.69, 9.17) is 0 Å². The van der Waals surface area contributed by atoms with E-state index in [1.165, 1.54) is 25.7 Å². The lowest BCUT2D eigenvalue weighted by molar-refractivity contribution is 0.216. The van der Waals surface area contributed by atoms with Crippen LogP contribution in [0.1, 0.15) is 52.0 Å². The predicted octanol–water partition coefficient (Wildman–Crippen LogP) is 3.60. The summed E-state index contributed by atoms with van der Waals surface area (Å²) in [6, 6.07) is 0.504. The van der Waals surface area contributed by atoms with Gasteiger partial charge in [-0.25, -0.2) is 9.97 Å². The Hall–Kier alpha value is -1.32. The molecule has 1 aliphatic carbocycles. The van der Waals surface area contributed by atoms with Crippen LogP contribution in [0, 0.1) is 12.3 Å². The van der Waals surface area contributed by atoms with Gasteiger partial charge in [0.2, 0.25) is 0 Å². The smallest absolute Gasteiger partial charge is 0.134 e. The summed E-state index contributed by atoms with van der Waals surface area (Å²) in [5.74, 6) is 1.92. The molecular formula is C15H26N4. The minimum atomic E-state index is 0.341.